The number of nitrogen functional groups attached to an aromatic ring is 1. The zero-order valence-electron chi connectivity index (χ0n) is 16.3. The number of pyridine rings is 1. The number of non-ortho nitro benzene ring substituents is 1. The Kier molecular flexibility index (Phi) is 6.18. The van der Waals surface area contributed by atoms with E-state index in [4.69, 9.17) is 10.3 Å². The molecule has 0 saturated heterocycles. The minimum absolute atomic E-state index is 0.0402. The fourth-order valence-electron chi connectivity index (χ4n) is 2.75. The van der Waals surface area contributed by atoms with Gasteiger partial charge in [0.05, 0.1) is 16.2 Å². The van der Waals surface area contributed by atoms with E-state index < -0.39 is 16.5 Å². The topological polar surface area (TPSA) is 209 Å². The fourth-order valence-corrected chi connectivity index (χ4v) is 3.54. The molecule has 0 aliphatic heterocycles. The lowest BCUT2D eigenvalue weighted by atomic mass is 10.0. The third-order valence-corrected chi connectivity index (χ3v) is 5.13. The van der Waals surface area contributed by atoms with Crippen molar-refractivity contribution in [1.82, 2.24) is 10.3 Å². The summed E-state index contributed by atoms with van der Waals surface area (Å²) in [5.41, 5.74) is 4.80. The molecule has 3 aromatic rings. The number of hydrogen-bond donors (Lipinski definition) is 3. The highest BCUT2D eigenvalue weighted by molar-refractivity contribution is 8.00. The molecule has 0 atom stereocenters. The maximum atomic E-state index is 12.3. The molecule has 0 aliphatic rings. The Bertz CT molecular complexity index is 1360. The third kappa shape index (κ3) is 4.25. The molecule has 32 heavy (non-hydrogen) atoms. The van der Waals surface area contributed by atoms with Crippen molar-refractivity contribution in [3.63, 3.8) is 0 Å². The number of aryl methyl sites for hydroxylation is 1. The highest BCUT2D eigenvalue weighted by Gasteiger charge is 2.31. The number of carbonyl (C=O) groups is 1. The summed E-state index contributed by atoms with van der Waals surface area (Å²) in [6.45, 7) is 0. The number of carbonyl (C=O) groups excluding carboxylic acids is 1. The van der Waals surface area contributed by atoms with Crippen LogP contribution in [-0.2, 0) is 11.8 Å². The number of thioether (sulfide) groups is 1. The fraction of sp³-hybridized carbons (Fsp3) is 0.111. The number of rotatable bonds is 6. The minimum Gasteiger partial charge on any atom is -0.383 e. The lowest BCUT2D eigenvalue weighted by molar-refractivity contribution is -0.730. The van der Waals surface area contributed by atoms with Crippen molar-refractivity contribution in [2.75, 3.05) is 16.8 Å². The summed E-state index contributed by atoms with van der Waals surface area (Å²) in [6.07, 6.45) is 0. The first-order chi connectivity index (χ1) is 15.3. The molecular weight excluding hydrogens is 440 g/mol. The number of hydrogen-bond acceptors (Lipinski definition) is 10. The van der Waals surface area contributed by atoms with Crippen molar-refractivity contribution in [2.24, 2.45) is 7.05 Å². The van der Waals surface area contributed by atoms with Gasteiger partial charge in [0.15, 0.2) is 7.05 Å². The Balaban J connectivity index is 1.90. The molecule has 0 radical (unpaired) electrons. The number of H-pyrrole nitrogens is 1. The number of nitro benzene ring substituents is 1. The highest BCUT2D eigenvalue weighted by Crippen LogP contribution is 2.33. The average molecular weight is 453 g/mol. The zero-order chi connectivity index (χ0) is 23.4. The summed E-state index contributed by atoms with van der Waals surface area (Å²) in [4.78, 5) is 38.6. The molecule has 0 spiro atoms. The van der Waals surface area contributed by atoms with Crippen LogP contribution < -0.4 is 21.4 Å². The van der Waals surface area contributed by atoms with Crippen LogP contribution in [-0.4, -0.2) is 26.8 Å². The van der Waals surface area contributed by atoms with Crippen LogP contribution in [0.3, 0.4) is 0 Å². The number of nitrogens with zero attached hydrogens (tertiary/aromatic N) is 5. The second-order valence-electron chi connectivity index (χ2n) is 6.18. The van der Waals surface area contributed by atoms with Crippen LogP contribution in [0.1, 0.15) is 11.1 Å². The summed E-state index contributed by atoms with van der Waals surface area (Å²) in [5, 5.41) is 34.8. The number of aromatic nitrogens is 3. The number of benzene rings is 1. The summed E-state index contributed by atoms with van der Waals surface area (Å²) in [6, 6.07) is 8.99. The van der Waals surface area contributed by atoms with E-state index in [0.717, 1.165) is 11.8 Å². The van der Waals surface area contributed by atoms with Crippen LogP contribution in [0.25, 0.3) is 11.3 Å². The van der Waals surface area contributed by atoms with Gasteiger partial charge in [-0.15, -0.1) is 0 Å². The summed E-state index contributed by atoms with van der Waals surface area (Å²) in [5.74, 6) is -0.900. The Morgan fingerprint density at radius 1 is 1.34 bits per heavy atom. The second kappa shape index (κ2) is 8.99. The van der Waals surface area contributed by atoms with Crippen molar-refractivity contribution in [2.45, 2.75) is 5.03 Å². The van der Waals surface area contributed by atoms with Crippen LogP contribution in [0.5, 0.6) is 0 Å². The number of anilines is 2. The summed E-state index contributed by atoms with van der Waals surface area (Å²) < 4.78 is 5.89. The van der Waals surface area contributed by atoms with Crippen molar-refractivity contribution in [3.05, 3.63) is 55.9 Å². The number of nitriles is 2. The number of amides is 1. The van der Waals surface area contributed by atoms with Gasteiger partial charge in [0.2, 0.25) is 5.91 Å². The first-order valence-electron chi connectivity index (χ1n) is 8.65. The minimum atomic E-state index is -0.821. The standard InChI is InChI=1S/C18H12N8O5S/c1-25-15(18(28)31-24-25)14-11(6-19)16(21)23-17(12(14)7-20)32-8-13(27)22-9-2-4-10(5-3-9)26(29)30/h2-5H,8H2,1H3,(H3-,21,22,23,24,27,28)/p+1. The predicted molar refractivity (Wildman–Crippen MR) is 110 cm³/mol. The first-order valence-corrected chi connectivity index (χ1v) is 9.64. The van der Waals surface area contributed by atoms with Gasteiger partial charge in [-0.2, -0.15) is 10.5 Å². The Hall–Kier alpha value is -4.69. The monoisotopic (exact) mass is 453 g/mol. The Morgan fingerprint density at radius 2 is 2.00 bits per heavy atom. The summed E-state index contributed by atoms with van der Waals surface area (Å²) in [7, 11) is 1.45. The molecule has 160 valence electrons. The average Bonchev–Trinajstić information content (AvgIpc) is 3.09. The smallest absolute Gasteiger partial charge is 0.383 e. The predicted octanol–water partition coefficient (Wildman–Crippen LogP) is 0.819. The normalized spacial score (nSPS) is 10.2. The van der Waals surface area contributed by atoms with Crippen molar-refractivity contribution in [3.8, 4) is 23.4 Å². The molecule has 14 heteroatoms. The SMILES string of the molecule is C[n+]1[nH]oc(=O)c1-c1c(C#N)c(N)nc(SCC(=O)Nc2ccc([N+](=O)[O-])cc2)c1C#N. The molecular formula is C18H13N8O5S+. The van der Waals surface area contributed by atoms with Gasteiger partial charge in [-0.3, -0.25) is 19.4 Å². The maximum absolute atomic E-state index is 12.3. The molecule has 13 nitrogen and oxygen atoms in total. The second-order valence-corrected chi connectivity index (χ2v) is 7.14. The molecule has 2 heterocycles. The van der Waals surface area contributed by atoms with Crippen molar-refractivity contribution in [1.29, 1.82) is 10.5 Å². The molecule has 4 N–H and O–H groups in total. The third-order valence-electron chi connectivity index (χ3n) is 4.16. The van der Waals surface area contributed by atoms with E-state index in [1.165, 1.54) is 36.0 Å². The molecule has 1 amide bonds. The number of nitrogens with one attached hydrogen (secondary N) is 2. The molecule has 0 bridgehead atoms. The highest BCUT2D eigenvalue weighted by atomic mass is 32.2. The summed E-state index contributed by atoms with van der Waals surface area (Å²) >= 11 is 0.868. The van der Waals surface area contributed by atoms with Crippen molar-refractivity contribution >= 4 is 34.9 Å². The van der Waals surface area contributed by atoms with Crippen molar-refractivity contribution < 1.29 is 18.9 Å². The maximum Gasteiger partial charge on any atom is 0.435 e. The van der Waals surface area contributed by atoms with E-state index in [1.54, 1.807) is 0 Å². The van der Waals surface area contributed by atoms with Gasteiger partial charge in [-0.05, 0) is 17.4 Å². The lowest BCUT2D eigenvalue weighted by Gasteiger charge is -2.09. The molecule has 3 rings (SSSR count). The Labute approximate surface area is 183 Å². The first kappa shape index (κ1) is 22.0. The molecule has 0 saturated carbocycles. The van der Waals surface area contributed by atoms with Gasteiger partial charge in [-0.1, -0.05) is 16.4 Å². The molecule has 2 aromatic heterocycles. The molecule has 0 aliphatic carbocycles. The van der Waals surface area contributed by atoms with E-state index in [9.17, 15) is 30.2 Å². The van der Waals surface area contributed by atoms with E-state index >= 15 is 0 Å². The van der Waals surface area contributed by atoms with E-state index in [2.05, 4.69) is 15.6 Å². The van der Waals surface area contributed by atoms with Gasteiger partial charge in [0, 0.05) is 17.8 Å². The number of aromatic amines is 1. The van der Waals surface area contributed by atoms with E-state index in [1.807, 2.05) is 12.1 Å². The van der Waals surface area contributed by atoms with Crippen LogP contribution in [0.2, 0.25) is 0 Å². The molecule has 0 unspecified atom stereocenters. The van der Waals surface area contributed by atoms with Crippen LogP contribution in [0, 0.1) is 32.8 Å². The molecule has 0 fully saturated rings. The Morgan fingerprint density at radius 3 is 2.53 bits per heavy atom. The van der Waals surface area contributed by atoms with Gasteiger partial charge >= 0.3 is 11.3 Å². The molecule has 1 aromatic carbocycles. The largest absolute Gasteiger partial charge is 0.435 e. The van der Waals surface area contributed by atoms with Crippen LogP contribution >= 0.6 is 11.8 Å². The van der Waals surface area contributed by atoms with Gasteiger partial charge in [-0.25, -0.2) is 9.78 Å². The van der Waals surface area contributed by atoms with Crippen LogP contribution in [0.15, 0.2) is 38.6 Å². The quantitative estimate of drug-likeness (QED) is 0.207. The van der Waals surface area contributed by atoms with Gasteiger partial charge in [0.1, 0.15) is 34.1 Å². The van der Waals surface area contributed by atoms with E-state index in [-0.39, 0.29) is 44.7 Å². The van der Waals surface area contributed by atoms with E-state index in [0.29, 0.717) is 5.69 Å². The lowest BCUT2D eigenvalue weighted by Crippen LogP contribution is -2.34. The number of nitrogens with two attached hydrogens (primary N) is 1. The van der Waals surface area contributed by atoms with Gasteiger partial charge in [0.25, 0.3) is 5.69 Å². The zero-order valence-corrected chi connectivity index (χ0v) is 17.1. The number of nitro groups is 1. The van der Waals surface area contributed by atoms with Crippen LogP contribution in [0.4, 0.5) is 17.2 Å². The van der Waals surface area contributed by atoms with Gasteiger partial charge < -0.3 is 11.1 Å².